The molecule has 0 aromatic heterocycles. The topological polar surface area (TPSA) is 176 Å². The second kappa shape index (κ2) is 9.83. The first-order valence-corrected chi connectivity index (χ1v) is 13.3. The first-order valence-electron chi connectivity index (χ1n) is 11.0. The van der Waals surface area contributed by atoms with Gasteiger partial charge in [-0.3, -0.25) is 34.2 Å². The van der Waals surface area contributed by atoms with Crippen LogP contribution >= 0.6 is 11.8 Å². The number of carbonyl (C=O) groups excluding carboxylic acids is 4. The molecule has 0 bridgehead atoms. The molecule has 4 rings (SSSR count). The summed E-state index contributed by atoms with van der Waals surface area (Å²) in [6, 6.07) is 8.83. The van der Waals surface area contributed by atoms with Crippen molar-refractivity contribution < 1.29 is 32.5 Å². The van der Waals surface area contributed by atoms with Crippen LogP contribution < -0.4 is 9.62 Å². The first kappa shape index (κ1) is 26.7. The summed E-state index contributed by atoms with van der Waals surface area (Å²) in [7, 11) is -4.05. The summed E-state index contributed by atoms with van der Waals surface area (Å²) < 4.78 is 26.2. The van der Waals surface area contributed by atoms with E-state index in [4.69, 9.17) is 0 Å². The normalized spacial score (nSPS) is 18.2. The van der Waals surface area contributed by atoms with Gasteiger partial charge in [0.2, 0.25) is 11.8 Å². The lowest BCUT2D eigenvalue weighted by Gasteiger charge is -2.12. The Kier molecular flexibility index (Phi) is 6.90. The van der Waals surface area contributed by atoms with Gasteiger partial charge in [-0.2, -0.15) is 0 Å². The van der Waals surface area contributed by atoms with Gasteiger partial charge in [-0.1, -0.05) is 0 Å². The standard InChI is InChI=1S/C23H19N5O8S2/c1-4-26-22(32)20(19-17-11-15(28(33)34)7-10-18(17)27(13(3)30)21(19)31)37-23(26)24-14-5-8-16(9-6-14)38(35,36)25-12(2)29/h5-11H,4H2,1-3H3,(H,25,29)/b20-19-,24-23?. The average molecular weight is 558 g/mol. The minimum absolute atomic E-state index is 0.0500. The van der Waals surface area contributed by atoms with Crippen LogP contribution in [0.2, 0.25) is 0 Å². The third kappa shape index (κ3) is 4.68. The van der Waals surface area contributed by atoms with Crippen LogP contribution in [0.15, 0.2) is 57.3 Å². The van der Waals surface area contributed by atoms with E-state index < -0.39 is 38.6 Å². The Hall–Kier alpha value is -4.37. The quantitative estimate of drug-likeness (QED) is 0.328. The number of hydrogen-bond acceptors (Lipinski definition) is 10. The van der Waals surface area contributed by atoms with Crippen LogP contribution in [-0.2, 0) is 29.2 Å². The molecule has 38 heavy (non-hydrogen) atoms. The minimum atomic E-state index is -4.05. The Morgan fingerprint density at radius 2 is 1.74 bits per heavy atom. The molecule has 0 unspecified atom stereocenters. The van der Waals surface area contributed by atoms with Gasteiger partial charge in [0.15, 0.2) is 5.17 Å². The Bertz CT molecular complexity index is 1600. The summed E-state index contributed by atoms with van der Waals surface area (Å²) in [5.74, 6) is -2.72. The third-order valence-corrected chi connectivity index (χ3v) is 8.02. The molecule has 0 aliphatic carbocycles. The maximum atomic E-state index is 13.3. The van der Waals surface area contributed by atoms with Crippen LogP contribution in [0.3, 0.4) is 0 Å². The summed E-state index contributed by atoms with van der Waals surface area (Å²) in [6.45, 7) is 4.09. The molecular formula is C23H19N5O8S2. The van der Waals surface area contributed by atoms with Crippen LogP contribution in [0, 0.1) is 10.1 Å². The summed E-state index contributed by atoms with van der Waals surface area (Å²) in [6.07, 6.45) is 0. The molecule has 0 radical (unpaired) electrons. The van der Waals surface area contributed by atoms with E-state index in [9.17, 15) is 37.7 Å². The SMILES string of the molecule is CCN1C(=O)/C(=C2/C(=O)N(C(C)=O)c3ccc([N+](=O)[O-])cc32)SC1=Nc1ccc(S(=O)(=O)NC(C)=O)cc1. The number of amides is 4. The molecule has 2 aromatic rings. The fraction of sp³-hybridized carbons (Fsp3) is 0.174. The molecular weight excluding hydrogens is 538 g/mol. The predicted octanol–water partition coefficient (Wildman–Crippen LogP) is 2.31. The second-order valence-corrected chi connectivity index (χ2v) is 10.7. The summed E-state index contributed by atoms with van der Waals surface area (Å²) in [4.78, 5) is 67.0. The zero-order valence-electron chi connectivity index (χ0n) is 20.1. The lowest BCUT2D eigenvalue weighted by atomic mass is 10.1. The molecule has 2 aliphatic heterocycles. The van der Waals surface area contributed by atoms with Crippen molar-refractivity contribution in [1.82, 2.24) is 9.62 Å². The van der Waals surface area contributed by atoms with Crippen LogP contribution in [-0.4, -0.2) is 53.6 Å². The van der Waals surface area contributed by atoms with Crippen molar-refractivity contribution in [3.05, 3.63) is 63.0 Å². The molecule has 4 amide bonds. The molecule has 1 fully saturated rings. The van der Waals surface area contributed by atoms with Crippen molar-refractivity contribution in [2.75, 3.05) is 11.4 Å². The molecule has 0 spiro atoms. The molecule has 2 heterocycles. The molecule has 1 saturated heterocycles. The smallest absolute Gasteiger partial charge is 0.270 e. The number of non-ortho nitro benzene ring substituents is 1. The van der Waals surface area contributed by atoms with Gasteiger partial charge >= 0.3 is 0 Å². The van der Waals surface area contributed by atoms with Gasteiger partial charge in [0, 0.05) is 38.1 Å². The van der Waals surface area contributed by atoms with E-state index in [-0.39, 0.29) is 49.7 Å². The van der Waals surface area contributed by atoms with Crippen LogP contribution in [0.1, 0.15) is 26.3 Å². The van der Waals surface area contributed by atoms with Crippen molar-refractivity contribution in [2.24, 2.45) is 4.99 Å². The zero-order valence-corrected chi connectivity index (χ0v) is 21.8. The molecule has 15 heteroatoms. The van der Waals surface area contributed by atoms with Crippen LogP contribution in [0.25, 0.3) is 5.57 Å². The Balaban J connectivity index is 1.78. The number of aliphatic imine (C=N–C) groups is 1. The summed E-state index contributed by atoms with van der Waals surface area (Å²) in [5, 5.41) is 11.5. The molecule has 0 saturated carbocycles. The monoisotopic (exact) mass is 557 g/mol. The highest BCUT2D eigenvalue weighted by Gasteiger charge is 2.44. The van der Waals surface area contributed by atoms with Crippen molar-refractivity contribution in [1.29, 1.82) is 0 Å². The largest absolute Gasteiger partial charge is 0.287 e. The Labute approximate surface area is 220 Å². The van der Waals surface area contributed by atoms with E-state index in [1.165, 1.54) is 48.2 Å². The molecule has 0 atom stereocenters. The highest BCUT2D eigenvalue weighted by molar-refractivity contribution is 8.18. The van der Waals surface area contributed by atoms with Crippen molar-refractivity contribution in [3.63, 3.8) is 0 Å². The number of carbonyl (C=O) groups is 4. The van der Waals surface area contributed by atoms with Crippen molar-refractivity contribution >= 4 is 73.2 Å². The fourth-order valence-electron chi connectivity index (χ4n) is 3.88. The molecule has 196 valence electrons. The molecule has 2 aromatic carbocycles. The number of thioether (sulfide) groups is 1. The number of imide groups is 1. The van der Waals surface area contributed by atoms with Gasteiger partial charge in [-0.15, -0.1) is 0 Å². The van der Waals surface area contributed by atoms with Gasteiger partial charge < -0.3 is 0 Å². The maximum Gasteiger partial charge on any atom is 0.270 e. The number of rotatable bonds is 5. The van der Waals surface area contributed by atoms with Gasteiger partial charge in [-0.05, 0) is 49.0 Å². The highest BCUT2D eigenvalue weighted by atomic mass is 32.2. The van der Waals surface area contributed by atoms with E-state index >= 15 is 0 Å². The number of nitro groups is 1. The number of benzene rings is 2. The minimum Gasteiger partial charge on any atom is -0.287 e. The molecule has 1 N–H and O–H groups in total. The van der Waals surface area contributed by atoms with Crippen molar-refractivity contribution in [2.45, 2.75) is 25.7 Å². The number of nitrogens with one attached hydrogen (secondary N) is 1. The number of hydrogen-bond donors (Lipinski definition) is 1. The van der Waals surface area contributed by atoms with Gasteiger partial charge in [-0.25, -0.2) is 23.0 Å². The van der Waals surface area contributed by atoms with Gasteiger partial charge in [0.25, 0.3) is 27.5 Å². The Morgan fingerprint density at radius 1 is 1.08 bits per heavy atom. The number of anilines is 1. The average Bonchev–Trinajstić information content (AvgIpc) is 3.29. The molecule has 2 aliphatic rings. The number of sulfonamides is 1. The number of nitrogens with zero attached hydrogens (tertiary/aromatic N) is 4. The van der Waals surface area contributed by atoms with Gasteiger partial charge in [0.05, 0.1) is 31.7 Å². The fourth-order valence-corrected chi connectivity index (χ4v) is 6.02. The summed E-state index contributed by atoms with van der Waals surface area (Å²) in [5.41, 5.74) is 0.0414. The first-order chi connectivity index (χ1) is 17.9. The van der Waals surface area contributed by atoms with E-state index in [0.29, 0.717) is 0 Å². The number of likely N-dealkylation sites (N-methyl/N-ethyl adjacent to an activating group) is 1. The van der Waals surface area contributed by atoms with E-state index in [1.54, 1.807) is 6.92 Å². The maximum absolute atomic E-state index is 13.3. The van der Waals surface area contributed by atoms with E-state index in [0.717, 1.165) is 29.7 Å². The second-order valence-electron chi connectivity index (χ2n) is 8.02. The van der Waals surface area contributed by atoms with Crippen LogP contribution in [0.5, 0.6) is 0 Å². The third-order valence-electron chi connectivity index (χ3n) is 5.49. The number of amidine groups is 1. The van der Waals surface area contributed by atoms with E-state index in [2.05, 4.69) is 4.99 Å². The number of nitro benzene ring substituents is 1. The Morgan fingerprint density at radius 3 is 2.29 bits per heavy atom. The zero-order chi connectivity index (χ0) is 27.9. The lowest BCUT2D eigenvalue weighted by molar-refractivity contribution is -0.384. The van der Waals surface area contributed by atoms with Crippen LogP contribution in [0.4, 0.5) is 17.1 Å². The molecule has 13 nitrogen and oxygen atoms in total. The predicted molar refractivity (Wildman–Crippen MR) is 138 cm³/mol. The van der Waals surface area contributed by atoms with E-state index in [1.807, 2.05) is 4.72 Å². The van der Waals surface area contributed by atoms with Crippen molar-refractivity contribution in [3.8, 4) is 0 Å². The lowest BCUT2D eigenvalue weighted by Crippen LogP contribution is -2.32. The highest BCUT2D eigenvalue weighted by Crippen LogP contribution is 2.46. The number of fused-ring (bicyclic) bond motifs is 1. The summed E-state index contributed by atoms with van der Waals surface area (Å²) >= 11 is 0.859. The van der Waals surface area contributed by atoms with Gasteiger partial charge in [0.1, 0.15) is 0 Å².